The van der Waals surface area contributed by atoms with E-state index in [0.29, 0.717) is 0 Å². The molecule has 0 atom stereocenters. The quantitative estimate of drug-likeness (QED) is 0.569. The summed E-state index contributed by atoms with van der Waals surface area (Å²) in [4.78, 5) is 4.26. The largest absolute Gasteiger partial charge is 0.344 e. The molecule has 0 spiro atoms. The molecule has 2 N–H and O–H groups in total. The Morgan fingerprint density at radius 3 is 2.75 bits per heavy atom. The lowest BCUT2D eigenvalue weighted by Crippen LogP contribution is -2.17. The minimum Gasteiger partial charge on any atom is -0.344 e. The normalized spacial score (nSPS) is 20.6. The van der Waals surface area contributed by atoms with E-state index in [1.165, 1.54) is 6.21 Å². The van der Waals surface area contributed by atoms with Gasteiger partial charge in [0.2, 0.25) is 0 Å². The summed E-state index contributed by atoms with van der Waals surface area (Å²) in [5, 5.41) is 10.2. The maximum atomic E-state index is 7.07. The summed E-state index contributed by atoms with van der Waals surface area (Å²) in [5.41, 5.74) is 2.89. The van der Waals surface area contributed by atoms with Gasteiger partial charge in [-0.05, 0) is 26.8 Å². The van der Waals surface area contributed by atoms with Gasteiger partial charge < -0.3 is 10.7 Å². The number of rotatable bonds is 1. The predicted molar refractivity (Wildman–Crippen MR) is 51.5 cm³/mol. The molecule has 0 saturated carbocycles. The van der Waals surface area contributed by atoms with Gasteiger partial charge in [0.05, 0.1) is 0 Å². The average molecular weight is 163 g/mol. The highest BCUT2D eigenvalue weighted by Crippen LogP contribution is 2.08. The summed E-state index contributed by atoms with van der Waals surface area (Å²) >= 11 is 0. The van der Waals surface area contributed by atoms with Crippen LogP contribution in [0.4, 0.5) is 0 Å². The second kappa shape index (κ2) is 3.34. The van der Waals surface area contributed by atoms with Crippen molar-refractivity contribution >= 4 is 11.9 Å². The molecule has 0 saturated heterocycles. The fourth-order valence-electron chi connectivity index (χ4n) is 1.03. The zero-order valence-corrected chi connectivity index (χ0v) is 7.60. The Bertz CT molecular complexity index is 295. The first-order valence-corrected chi connectivity index (χ1v) is 3.85. The van der Waals surface area contributed by atoms with Crippen molar-refractivity contribution < 1.29 is 0 Å². The molecule has 0 unspecified atom stereocenters. The van der Waals surface area contributed by atoms with Gasteiger partial charge in [-0.1, -0.05) is 0 Å². The molecule has 0 aromatic heterocycles. The van der Waals surface area contributed by atoms with Crippen molar-refractivity contribution in [2.24, 2.45) is 4.99 Å². The zero-order chi connectivity index (χ0) is 9.14. The lowest BCUT2D eigenvalue weighted by Gasteiger charge is -2.14. The molecule has 1 aliphatic rings. The van der Waals surface area contributed by atoms with Crippen molar-refractivity contribution in [1.82, 2.24) is 5.32 Å². The molecule has 12 heavy (non-hydrogen) atoms. The van der Waals surface area contributed by atoms with E-state index < -0.39 is 0 Å². The van der Waals surface area contributed by atoms with E-state index in [4.69, 9.17) is 5.41 Å². The Morgan fingerprint density at radius 2 is 2.25 bits per heavy atom. The summed E-state index contributed by atoms with van der Waals surface area (Å²) in [5.74, 6) is 0.780. The maximum Gasteiger partial charge on any atom is 0.134 e. The predicted octanol–water partition coefficient (Wildman–Crippen LogP) is 1.84. The third-order valence-electron chi connectivity index (χ3n) is 1.62. The molecule has 0 bridgehead atoms. The second-order valence-electron chi connectivity index (χ2n) is 2.88. The van der Waals surface area contributed by atoms with Crippen LogP contribution < -0.4 is 5.32 Å². The summed E-state index contributed by atoms with van der Waals surface area (Å²) in [7, 11) is 0. The fourth-order valence-corrected chi connectivity index (χ4v) is 1.03. The summed E-state index contributed by atoms with van der Waals surface area (Å²) in [6.07, 6.45) is 3.28. The van der Waals surface area contributed by atoms with Gasteiger partial charge in [-0.3, -0.25) is 0 Å². The van der Waals surface area contributed by atoms with Crippen LogP contribution in [-0.2, 0) is 0 Å². The van der Waals surface area contributed by atoms with Crippen LogP contribution in [0.3, 0.4) is 0 Å². The van der Waals surface area contributed by atoms with E-state index >= 15 is 0 Å². The number of hydrogen-bond acceptors (Lipinski definition) is 3. The van der Waals surface area contributed by atoms with Crippen molar-refractivity contribution in [3.05, 3.63) is 23.2 Å². The minimum absolute atomic E-state index is 0.780. The minimum atomic E-state index is 0.780. The highest BCUT2D eigenvalue weighted by atomic mass is 15.1. The van der Waals surface area contributed by atoms with Gasteiger partial charge in [0, 0.05) is 23.2 Å². The van der Waals surface area contributed by atoms with E-state index in [1.54, 1.807) is 0 Å². The summed E-state index contributed by atoms with van der Waals surface area (Å²) in [6, 6.07) is 0. The first-order valence-electron chi connectivity index (χ1n) is 3.85. The van der Waals surface area contributed by atoms with Gasteiger partial charge in [0.15, 0.2) is 0 Å². The van der Waals surface area contributed by atoms with Crippen LogP contribution in [0.1, 0.15) is 20.8 Å². The number of nitrogens with one attached hydrogen (secondary N) is 2. The van der Waals surface area contributed by atoms with E-state index in [1.807, 2.05) is 26.8 Å². The first-order chi connectivity index (χ1) is 5.63. The van der Waals surface area contributed by atoms with Crippen molar-refractivity contribution in [3.63, 3.8) is 0 Å². The van der Waals surface area contributed by atoms with Crippen LogP contribution in [0.5, 0.6) is 0 Å². The molecule has 0 amide bonds. The smallest absolute Gasteiger partial charge is 0.134 e. The second-order valence-corrected chi connectivity index (χ2v) is 2.88. The number of hydrogen-bond donors (Lipinski definition) is 2. The molecule has 0 fully saturated rings. The monoisotopic (exact) mass is 163 g/mol. The van der Waals surface area contributed by atoms with Crippen molar-refractivity contribution in [2.45, 2.75) is 20.8 Å². The number of nitrogens with zero attached hydrogens (tertiary/aromatic N) is 1. The van der Waals surface area contributed by atoms with Crippen LogP contribution in [0.15, 0.2) is 28.2 Å². The van der Waals surface area contributed by atoms with E-state index in [0.717, 1.165) is 22.8 Å². The van der Waals surface area contributed by atoms with Crippen molar-refractivity contribution in [3.8, 4) is 0 Å². The average Bonchev–Trinajstić information content (AvgIpc) is 2.01. The maximum absolute atomic E-state index is 7.07. The molecule has 3 nitrogen and oxygen atoms in total. The highest BCUT2D eigenvalue weighted by molar-refractivity contribution is 5.95. The van der Waals surface area contributed by atoms with Gasteiger partial charge >= 0.3 is 0 Å². The lowest BCUT2D eigenvalue weighted by atomic mass is 10.2. The van der Waals surface area contributed by atoms with E-state index in [9.17, 15) is 0 Å². The van der Waals surface area contributed by atoms with Gasteiger partial charge in [0.25, 0.3) is 0 Å². The zero-order valence-electron chi connectivity index (χ0n) is 7.60. The molecule has 0 radical (unpaired) electrons. The topological polar surface area (TPSA) is 48.2 Å². The first kappa shape index (κ1) is 8.71. The number of aliphatic imine (C=N–C) groups is 1. The Labute approximate surface area is 72.4 Å². The Balaban J connectivity index is 3.02. The molecule has 1 rings (SSSR count). The van der Waals surface area contributed by atoms with Crippen molar-refractivity contribution in [2.75, 3.05) is 0 Å². The molecule has 1 aliphatic heterocycles. The summed E-state index contributed by atoms with van der Waals surface area (Å²) in [6.45, 7) is 5.79. The van der Waals surface area contributed by atoms with Crippen LogP contribution in [0, 0.1) is 5.41 Å². The summed E-state index contributed by atoms with van der Waals surface area (Å²) < 4.78 is 0. The van der Waals surface area contributed by atoms with Crippen LogP contribution in [-0.4, -0.2) is 11.9 Å². The van der Waals surface area contributed by atoms with Crippen LogP contribution in [0.2, 0.25) is 0 Å². The van der Waals surface area contributed by atoms with Gasteiger partial charge in [-0.15, -0.1) is 0 Å². The Hall–Kier alpha value is -1.38. The Morgan fingerprint density at radius 1 is 1.58 bits per heavy atom. The standard InChI is InChI=1S/C9H13N3/c1-6(5-10)9-11-7(2)4-8(3)12-9/h4-5,10-11H,1-3H3/b9-6+,10-5?. The van der Waals surface area contributed by atoms with Crippen molar-refractivity contribution in [1.29, 1.82) is 5.41 Å². The molecular formula is C9H13N3. The molecular weight excluding hydrogens is 150 g/mol. The fraction of sp³-hybridized carbons (Fsp3) is 0.333. The highest BCUT2D eigenvalue weighted by Gasteiger charge is 2.04. The molecule has 0 aromatic rings. The van der Waals surface area contributed by atoms with Crippen LogP contribution >= 0.6 is 0 Å². The molecule has 1 heterocycles. The molecule has 0 aliphatic carbocycles. The lowest BCUT2D eigenvalue weighted by molar-refractivity contribution is 0.921. The van der Waals surface area contributed by atoms with Gasteiger partial charge in [-0.25, -0.2) is 4.99 Å². The Kier molecular flexibility index (Phi) is 2.43. The molecule has 64 valence electrons. The molecule has 3 heteroatoms. The molecule has 0 aromatic carbocycles. The van der Waals surface area contributed by atoms with E-state index in [-0.39, 0.29) is 0 Å². The van der Waals surface area contributed by atoms with E-state index in [2.05, 4.69) is 10.3 Å². The van der Waals surface area contributed by atoms with Gasteiger partial charge in [-0.2, -0.15) is 0 Å². The third kappa shape index (κ3) is 1.81. The van der Waals surface area contributed by atoms with Gasteiger partial charge in [0.1, 0.15) is 5.82 Å². The number of allylic oxidation sites excluding steroid dienone is 3. The SMILES string of the molecule is CC1=CC(C)=N/C(=C(\C)C=N)N1. The van der Waals surface area contributed by atoms with Crippen LogP contribution in [0.25, 0.3) is 0 Å². The third-order valence-corrected chi connectivity index (χ3v) is 1.62.